The van der Waals surface area contributed by atoms with E-state index in [-0.39, 0.29) is 5.91 Å². The molecule has 0 atom stereocenters. The average molecular weight is 483 g/mol. The lowest BCUT2D eigenvalue weighted by atomic mass is 10.2. The fourth-order valence-electron chi connectivity index (χ4n) is 4.29. The first-order valence-corrected chi connectivity index (χ1v) is 11.2. The number of fused-ring (bicyclic) bond motifs is 1. The summed E-state index contributed by atoms with van der Waals surface area (Å²) in [7, 11) is 3.05. The van der Waals surface area contributed by atoms with E-state index in [4.69, 9.17) is 21.0 Å². The van der Waals surface area contributed by atoms with E-state index in [1.165, 1.54) is 17.9 Å². The second-order valence-corrected chi connectivity index (χ2v) is 8.63. The van der Waals surface area contributed by atoms with Crippen LogP contribution in [0, 0.1) is 0 Å². The second kappa shape index (κ2) is 8.53. The third-order valence-electron chi connectivity index (χ3n) is 6.20. The summed E-state index contributed by atoms with van der Waals surface area (Å²) in [5, 5.41) is 0.575. The van der Waals surface area contributed by atoms with Crippen molar-refractivity contribution in [3.63, 3.8) is 0 Å². The van der Waals surface area contributed by atoms with Gasteiger partial charge in [-0.25, -0.2) is 4.79 Å². The van der Waals surface area contributed by atoms with Crippen LogP contribution in [0.5, 0.6) is 0 Å². The van der Waals surface area contributed by atoms with Crippen LogP contribution >= 0.6 is 11.6 Å². The number of hydrogen-bond donors (Lipinski definition) is 0. The number of amides is 1. The van der Waals surface area contributed by atoms with Crippen LogP contribution in [0.2, 0.25) is 5.02 Å². The van der Waals surface area contributed by atoms with Gasteiger partial charge in [-0.05, 0) is 23.8 Å². The zero-order chi connectivity index (χ0) is 24.0. The van der Waals surface area contributed by atoms with Crippen molar-refractivity contribution in [1.82, 2.24) is 23.6 Å². The summed E-state index contributed by atoms with van der Waals surface area (Å²) < 4.78 is 9.51. The molecule has 34 heavy (non-hydrogen) atoms. The number of carbonyl (C=O) groups excluding carboxylic acids is 1. The number of aromatic nitrogens is 4. The Morgan fingerprint density at radius 2 is 1.76 bits per heavy atom. The molecule has 0 radical (unpaired) electrons. The molecule has 0 N–H and O–H groups in total. The molecule has 11 heteroatoms. The van der Waals surface area contributed by atoms with Gasteiger partial charge in [-0.1, -0.05) is 29.8 Å². The molecule has 0 unspecified atom stereocenters. The summed E-state index contributed by atoms with van der Waals surface area (Å²) in [4.78, 5) is 46.8. The lowest BCUT2D eigenvalue weighted by molar-refractivity contribution is 0.0714. The molecule has 1 amide bonds. The number of piperazine rings is 1. The molecule has 3 aromatic heterocycles. The first kappa shape index (κ1) is 22.0. The van der Waals surface area contributed by atoms with Crippen LogP contribution in [0.1, 0.15) is 16.1 Å². The van der Waals surface area contributed by atoms with E-state index < -0.39 is 11.2 Å². The highest BCUT2D eigenvalue weighted by Crippen LogP contribution is 2.25. The van der Waals surface area contributed by atoms with Gasteiger partial charge in [0.1, 0.15) is 0 Å². The number of aryl methyl sites for hydroxylation is 1. The normalized spacial score (nSPS) is 14.2. The molecule has 1 fully saturated rings. The number of halogens is 1. The van der Waals surface area contributed by atoms with Gasteiger partial charge in [0, 0.05) is 45.3 Å². The average Bonchev–Trinajstić information content (AvgIpc) is 3.51. The second-order valence-electron chi connectivity index (χ2n) is 8.22. The van der Waals surface area contributed by atoms with Crippen LogP contribution in [0.4, 0.5) is 5.95 Å². The van der Waals surface area contributed by atoms with Gasteiger partial charge in [-0.2, -0.15) is 4.98 Å². The SMILES string of the molecule is Cn1c(=O)c2c(nc(N3CCN(C(=O)c4ccco4)CC3)n2Cc2ccccc2Cl)n(C)c1=O. The highest BCUT2D eigenvalue weighted by molar-refractivity contribution is 6.31. The molecule has 1 saturated heterocycles. The van der Waals surface area contributed by atoms with E-state index in [0.717, 1.165) is 10.1 Å². The fourth-order valence-corrected chi connectivity index (χ4v) is 4.48. The van der Waals surface area contributed by atoms with E-state index in [2.05, 4.69) is 0 Å². The minimum atomic E-state index is -0.444. The molecule has 5 rings (SSSR count). The molecule has 1 aliphatic rings. The van der Waals surface area contributed by atoms with Crippen molar-refractivity contribution in [3.8, 4) is 0 Å². The first-order valence-electron chi connectivity index (χ1n) is 10.8. The number of furan rings is 1. The first-order chi connectivity index (χ1) is 16.4. The van der Waals surface area contributed by atoms with Crippen LogP contribution in [0.25, 0.3) is 11.2 Å². The van der Waals surface area contributed by atoms with Gasteiger partial charge in [0.2, 0.25) is 5.95 Å². The topological polar surface area (TPSA) is 98.5 Å². The number of nitrogens with zero attached hydrogens (tertiary/aromatic N) is 6. The molecule has 10 nitrogen and oxygen atoms in total. The van der Waals surface area contributed by atoms with Crippen LogP contribution in [-0.4, -0.2) is 55.7 Å². The number of anilines is 1. The van der Waals surface area contributed by atoms with Crippen molar-refractivity contribution in [3.05, 3.63) is 79.8 Å². The number of hydrogen-bond acceptors (Lipinski definition) is 6. The number of carbonyl (C=O) groups is 1. The van der Waals surface area contributed by atoms with Gasteiger partial charge < -0.3 is 14.2 Å². The number of rotatable bonds is 4. The van der Waals surface area contributed by atoms with E-state index >= 15 is 0 Å². The minimum Gasteiger partial charge on any atom is -0.459 e. The molecular formula is C23H23ClN6O4. The van der Waals surface area contributed by atoms with Crippen molar-refractivity contribution in [2.24, 2.45) is 14.1 Å². The maximum Gasteiger partial charge on any atom is 0.332 e. The Morgan fingerprint density at radius 1 is 1.03 bits per heavy atom. The molecule has 4 aromatic rings. The Kier molecular flexibility index (Phi) is 5.52. The molecule has 0 saturated carbocycles. The van der Waals surface area contributed by atoms with Crippen molar-refractivity contribution in [2.45, 2.75) is 6.54 Å². The maximum absolute atomic E-state index is 13.1. The Balaban J connectivity index is 1.56. The quantitative estimate of drug-likeness (QED) is 0.439. The van der Waals surface area contributed by atoms with Crippen LogP contribution < -0.4 is 16.1 Å². The summed E-state index contributed by atoms with van der Waals surface area (Å²) in [5.74, 6) is 0.696. The number of imidazole rings is 1. The maximum atomic E-state index is 13.1. The Morgan fingerprint density at radius 3 is 2.44 bits per heavy atom. The van der Waals surface area contributed by atoms with Crippen LogP contribution in [-0.2, 0) is 20.6 Å². The summed E-state index contributed by atoms with van der Waals surface area (Å²) >= 11 is 6.42. The molecule has 0 aliphatic carbocycles. The van der Waals surface area contributed by atoms with Crippen molar-refractivity contribution >= 4 is 34.6 Å². The van der Waals surface area contributed by atoms with Gasteiger partial charge in [0.25, 0.3) is 11.5 Å². The third kappa shape index (κ3) is 3.60. The molecule has 4 heterocycles. The van der Waals surface area contributed by atoms with Crippen molar-refractivity contribution in [2.75, 3.05) is 31.1 Å². The van der Waals surface area contributed by atoms with Gasteiger partial charge in [0.15, 0.2) is 16.9 Å². The molecule has 1 aliphatic heterocycles. The van der Waals surface area contributed by atoms with Crippen molar-refractivity contribution in [1.29, 1.82) is 0 Å². The van der Waals surface area contributed by atoms with E-state index in [9.17, 15) is 14.4 Å². The van der Waals surface area contributed by atoms with Gasteiger partial charge in [0.05, 0.1) is 12.8 Å². The largest absolute Gasteiger partial charge is 0.459 e. The summed E-state index contributed by atoms with van der Waals surface area (Å²) in [6, 6.07) is 10.7. The van der Waals surface area contributed by atoms with Gasteiger partial charge in [-0.15, -0.1) is 0 Å². The summed E-state index contributed by atoms with van der Waals surface area (Å²) in [5.41, 5.74) is 0.598. The Labute approximate surface area is 199 Å². The monoisotopic (exact) mass is 482 g/mol. The third-order valence-corrected chi connectivity index (χ3v) is 6.56. The van der Waals surface area contributed by atoms with Crippen LogP contribution in [0.15, 0.2) is 56.7 Å². The smallest absolute Gasteiger partial charge is 0.332 e. The lowest BCUT2D eigenvalue weighted by Crippen LogP contribution is -2.49. The Hall–Kier alpha value is -3.79. The highest BCUT2D eigenvalue weighted by Gasteiger charge is 2.28. The minimum absolute atomic E-state index is 0.162. The van der Waals surface area contributed by atoms with Crippen LogP contribution in [0.3, 0.4) is 0 Å². The van der Waals surface area contributed by atoms with Gasteiger partial charge in [-0.3, -0.25) is 23.3 Å². The summed E-state index contributed by atoms with van der Waals surface area (Å²) in [6.07, 6.45) is 1.48. The fraction of sp³-hybridized carbons (Fsp3) is 0.304. The molecule has 1 aromatic carbocycles. The zero-order valence-electron chi connectivity index (χ0n) is 18.8. The van der Waals surface area contributed by atoms with Gasteiger partial charge >= 0.3 is 5.69 Å². The molecule has 0 bridgehead atoms. The van der Waals surface area contributed by atoms with E-state index in [1.807, 2.05) is 27.7 Å². The lowest BCUT2D eigenvalue weighted by Gasteiger charge is -2.35. The highest BCUT2D eigenvalue weighted by atomic mass is 35.5. The predicted octanol–water partition coefficient (Wildman–Crippen LogP) is 1.69. The molecular weight excluding hydrogens is 460 g/mol. The van der Waals surface area contributed by atoms with E-state index in [0.29, 0.717) is 60.6 Å². The standard InChI is InChI=1S/C23H23ClN6O4/c1-26-19-18(21(32)27(2)23(26)33)30(14-15-6-3-4-7-16(15)24)22(25-19)29-11-9-28(10-12-29)20(31)17-8-5-13-34-17/h3-8,13H,9-12,14H2,1-2H3. The summed E-state index contributed by atoms with van der Waals surface area (Å²) in [6.45, 7) is 2.25. The molecule has 0 spiro atoms. The van der Waals surface area contributed by atoms with E-state index in [1.54, 1.807) is 30.1 Å². The van der Waals surface area contributed by atoms with Crippen molar-refractivity contribution < 1.29 is 9.21 Å². The zero-order valence-corrected chi connectivity index (χ0v) is 19.5. The Bertz CT molecular complexity index is 1490. The molecule has 176 valence electrons. The predicted molar refractivity (Wildman–Crippen MR) is 128 cm³/mol. The number of benzene rings is 1.